The van der Waals surface area contributed by atoms with E-state index >= 15 is 0 Å². The zero-order chi connectivity index (χ0) is 17.1. The number of anilines is 4. The molecule has 0 radical (unpaired) electrons. The molecule has 1 N–H and O–H groups in total. The molecule has 0 spiro atoms. The Morgan fingerprint density at radius 1 is 1.04 bits per heavy atom. The van der Waals surface area contributed by atoms with Gasteiger partial charge in [-0.15, -0.1) is 0 Å². The molecule has 2 heterocycles. The van der Waals surface area contributed by atoms with Crippen molar-refractivity contribution in [1.29, 1.82) is 5.26 Å². The molecule has 1 aliphatic rings. The fraction of sp³-hybridized carbons (Fsp3) is 0.150. The van der Waals surface area contributed by atoms with E-state index in [0.717, 1.165) is 25.1 Å². The quantitative estimate of drug-likeness (QED) is 0.782. The Balaban J connectivity index is 1.66. The molecule has 0 atom stereocenters. The summed E-state index contributed by atoms with van der Waals surface area (Å²) in [6.07, 6.45) is 3.91. The molecule has 0 saturated heterocycles. The second-order valence-corrected chi connectivity index (χ2v) is 5.91. The molecule has 1 aliphatic heterocycles. The highest BCUT2D eigenvalue weighted by Gasteiger charge is 2.20. The first-order chi connectivity index (χ1) is 12.3. The lowest BCUT2D eigenvalue weighted by Gasteiger charge is -2.29. The van der Waals surface area contributed by atoms with Gasteiger partial charge in [0.25, 0.3) is 0 Å². The zero-order valence-corrected chi connectivity index (χ0v) is 13.7. The lowest BCUT2D eigenvalue weighted by Crippen LogP contribution is -2.26. The topological polar surface area (TPSA) is 64.8 Å². The Hall–Kier alpha value is -3.39. The number of aromatic nitrogens is 2. The van der Waals surface area contributed by atoms with Gasteiger partial charge in [0.15, 0.2) is 0 Å². The van der Waals surface area contributed by atoms with Crippen LogP contribution in [0.15, 0.2) is 60.8 Å². The van der Waals surface area contributed by atoms with Crippen molar-refractivity contribution in [3.63, 3.8) is 0 Å². The Labute approximate surface area is 146 Å². The summed E-state index contributed by atoms with van der Waals surface area (Å²) in [5.41, 5.74) is 3.83. The van der Waals surface area contributed by atoms with E-state index in [2.05, 4.69) is 44.5 Å². The van der Waals surface area contributed by atoms with Crippen LogP contribution in [0.5, 0.6) is 0 Å². The highest BCUT2D eigenvalue weighted by Crippen LogP contribution is 2.31. The number of aryl methyl sites for hydroxylation is 1. The molecule has 0 saturated carbocycles. The number of nitriles is 1. The number of nitrogens with zero attached hydrogens (tertiary/aromatic N) is 4. The van der Waals surface area contributed by atoms with Gasteiger partial charge in [-0.05, 0) is 42.7 Å². The van der Waals surface area contributed by atoms with E-state index in [1.54, 1.807) is 12.3 Å². The molecule has 4 rings (SSSR count). The van der Waals surface area contributed by atoms with Crippen LogP contribution in [-0.2, 0) is 6.42 Å². The average molecular weight is 327 g/mol. The van der Waals surface area contributed by atoms with Crippen molar-refractivity contribution in [3.8, 4) is 6.07 Å². The van der Waals surface area contributed by atoms with Gasteiger partial charge in [0.1, 0.15) is 11.9 Å². The number of para-hydroxylation sites is 2. The number of fused-ring (bicyclic) bond motifs is 1. The summed E-state index contributed by atoms with van der Waals surface area (Å²) in [6.45, 7) is 0.898. The lowest BCUT2D eigenvalue weighted by atomic mass is 10.0. The maximum Gasteiger partial charge on any atom is 0.231 e. The molecule has 0 aliphatic carbocycles. The Bertz CT molecular complexity index is 945. The van der Waals surface area contributed by atoms with Gasteiger partial charge in [-0.1, -0.05) is 30.3 Å². The normalized spacial score (nSPS) is 13.0. The van der Waals surface area contributed by atoms with Crippen molar-refractivity contribution in [2.75, 3.05) is 16.8 Å². The molecule has 5 heteroatoms. The van der Waals surface area contributed by atoms with Crippen LogP contribution >= 0.6 is 0 Å². The minimum absolute atomic E-state index is 0.589. The minimum Gasteiger partial charge on any atom is -0.339 e. The van der Waals surface area contributed by atoms with Crippen LogP contribution < -0.4 is 10.2 Å². The summed E-state index contributed by atoms with van der Waals surface area (Å²) in [4.78, 5) is 11.3. The Morgan fingerprint density at radius 2 is 1.88 bits per heavy atom. The van der Waals surface area contributed by atoms with Crippen molar-refractivity contribution < 1.29 is 0 Å². The zero-order valence-electron chi connectivity index (χ0n) is 13.7. The first kappa shape index (κ1) is 15.2. The number of hydrogen-bond acceptors (Lipinski definition) is 5. The van der Waals surface area contributed by atoms with Gasteiger partial charge in [0, 0.05) is 18.4 Å². The van der Waals surface area contributed by atoms with E-state index in [1.807, 2.05) is 30.3 Å². The van der Waals surface area contributed by atoms with Crippen LogP contribution in [0.2, 0.25) is 0 Å². The van der Waals surface area contributed by atoms with Crippen LogP contribution in [0.25, 0.3) is 0 Å². The third-order valence-corrected chi connectivity index (χ3v) is 4.30. The number of hydrogen-bond donors (Lipinski definition) is 1. The standard InChI is InChI=1S/C20H17N5/c21-14-16-7-1-3-9-17(16)23-19-11-12-22-20(24-19)25-13-5-8-15-6-2-4-10-18(15)25/h1-4,6-7,9-12H,5,8,13H2,(H,22,23,24). The number of rotatable bonds is 3. The second-order valence-electron chi connectivity index (χ2n) is 5.91. The summed E-state index contributed by atoms with van der Waals surface area (Å²) in [6, 6.07) is 19.8. The lowest BCUT2D eigenvalue weighted by molar-refractivity contribution is 0.751. The molecular weight excluding hydrogens is 310 g/mol. The third kappa shape index (κ3) is 3.02. The summed E-state index contributed by atoms with van der Waals surface area (Å²) in [5.74, 6) is 1.35. The molecule has 2 aromatic carbocycles. The second kappa shape index (κ2) is 6.62. The molecule has 25 heavy (non-hydrogen) atoms. The van der Waals surface area contributed by atoms with E-state index in [9.17, 15) is 5.26 Å². The largest absolute Gasteiger partial charge is 0.339 e. The highest BCUT2D eigenvalue weighted by molar-refractivity contribution is 5.67. The van der Waals surface area contributed by atoms with Crippen LogP contribution in [0, 0.1) is 11.3 Å². The molecule has 122 valence electrons. The van der Waals surface area contributed by atoms with Crippen LogP contribution in [-0.4, -0.2) is 16.5 Å². The van der Waals surface area contributed by atoms with Gasteiger partial charge >= 0.3 is 0 Å². The maximum atomic E-state index is 9.23. The van der Waals surface area contributed by atoms with Gasteiger partial charge in [0.05, 0.1) is 11.3 Å². The number of benzene rings is 2. The SMILES string of the molecule is N#Cc1ccccc1Nc1ccnc(N2CCCc3ccccc32)n1. The van der Waals surface area contributed by atoms with E-state index in [-0.39, 0.29) is 0 Å². The van der Waals surface area contributed by atoms with Crippen molar-refractivity contribution in [1.82, 2.24) is 9.97 Å². The first-order valence-corrected chi connectivity index (χ1v) is 8.30. The fourth-order valence-electron chi connectivity index (χ4n) is 3.12. The fourth-order valence-corrected chi connectivity index (χ4v) is 3.12. The van der Waals surface area contributed by atoms with Gasteiger partial charge in [-0.25, -0.2) is 4.98 Å². The monoisotopic (exact) mass is 327 g/mol. The summed E-state index contributed by atoms with van der Waals surface area (Å²) in [7, 11) is 0. The molecule has 1 aromatic heterocycles. The summed E-state index contributed by atoms with van der Waals surface area (Å²) in [5, 5.41) is 12.5. The Kier molecular flexibility index (Phi) is 4.01. The van der Waals surface area contributed by atoms with Gasteiger partial charge in [-0.3, -0.25) is 0 Å². The smallest absolute Gasteiger partial charge is 0.231 e. The van der Waals surface area contributed by atoms with Gasteiger partial charge < -0.3 is 10.2 Å². The average Bonchev–Trinajstić information content (AvgIpc) is 2.68. The van der Waals surface area contributed by atoms with Crippen LogP contribution in [0.4, 0.5) is 23.1 Å². The molecule has 0 fully saturated rings. The number of nitrogens with one attached hydrogen (secondary N) is 1. The van der Waals surface area contributed by atoms with Crippen LogP contribution in [0.1, 0.15) is 17.5 Å². The highest BCUT2D eigenvalue weighted by atomic mass is 15.3. The van der Waals surface area contributed by atoms with E-state index in [1.165, 1.54) is 11.3 Å². The van der Waals surface area contributed by atoms with Crippen LogP contribution in [0.3, 0.4) is 0 Å². The van der Waals surface area contributed by atoms with Crippen molar-refractivity contribution in [3.05, 3.63) is 71.9 Å². The summed E-state index contributed by atoms with van der Waals surface area (Å²) >= 11 is 0. The molecule has 0 amide bonds. The molecular formula is C20H17N5. The maximum absolute atomic E-state index is 9.23. The molecule has 3 aromatic rings. The predicted octanol–water partition coefficient (Wildman–Crippen LogP) is 4.18. The minimum atomic E-state index is 0.589. The predicted molar refractivity (Wildman–Crippen MR) is 98.2 cm³/mol. The first-order valence-electron chi connectivity index (χ1n) is 8.30. The van der Waals surface area contributed by atoms with Gasteiger partial charge in [-0.2, -0.15) is 10.2 Å². The summed E-state index contributed by atoms with van der Waals surface area (Å²) < 4.78 is 0. The van der Waals surface area contributed by atoms with Crippen molar-refractivity contribution in [2.24, 2.45) is 0 Å². The third-order valence-electron chi connectivity index (χ3n) is 4.30. The molecule has 5 nitrogen and oxygen atoms in total. The van der Waals surface area contributed by atoms with E-state index in [0.29, 0.717) is 17.3 Å². The molecule has 0 unspecified atom stereocenters. The van der Waals surface area contributed by atoms with E-state index in [4.69, 9.17) is 0 Å². The van der Waals surface area contributed by atoms with E-state index < -0.39 is 0 Å². The molecule has 0 bridgehead atoms. The van der Waals surface area contributed by atoms with Gasteiger partial charge in [0.2, 0.25) is 5.95 Å². The Morgan fingerprint density at radius 3 is 2.80 bits per heavy atom. The van der Waals surface area contributed by atoms with Crippen molar-refractivity contribution in [2.45, 2.75) is 12.8 Å². The van der Waals surface area contributed by atoms with Crippen molar-refractivity contribution >= 4 is 23.1 Å².